The number of aryl methyl sites for hydroxylation is 1. The van der Waals surface area contributed by atoms with Gasteiger partial charge in [-0.05, 0) is 19.9 Å². The van der Waals surface area contributed by atoms with E-state index in [1.165, 1.54) is 23.1 Å². The molecule has 0 spiro atoms. The second kappa shape index (κ2) is 5.52. The lowest BCUT2D eigenvalue weighted by molar-refractivity contribution is -0.385. The quantitative estimate of drug-likeness (QED) is 0.485. The van der Waals surface area contributed by atoms with Gasteiger partial charge in [-0.1, -0.05) is 6.07 Å². The molecule has 0 N–H and O–H groups in total. The van der Waals surface area contributed by atoms with Crippen LogP contribution in [-0.4, -0.2) is 27.3 Å². The van der Waals surface area contributed by atoms with Gasteiger partial charge in [-0.2, -0.15) is 5.10 Å². The van der Waals surface area contributed by atoms with Gasteiger partial charge in [-0.25, -0.2) is 9.48 Å². The van der Waals surface area contributed by atoms with Gasteiger partial charge in [0.05, 0.1) is 29.0 Å². The number of carbonyl (C=O) groups excluding carboxylic acids is 1. The van der Waals surface area contributed by atoms with Gasteiger partial charge in [0.2, 0.25) is 0 Å². The molecule has 1 aromatic heterocycles. The van der Waals surface area contributed by atoms with E-state index in [0.717, 1.165) is 0 Å². The fourth-order valence-corrected chi connectivity index (χ4v) is 1.72. The summed E-state index contributed by atoms with van der Waals surface area (Å²) in [5.74, 6) is -0.472. The summed E-state index contributed by atoms with van der Waals surface area (Å²) in [7, 11) is 0. The van der Waals surface area contributed by atoms with Crippen molar-refractivity contribution in [1.29, 1.82) is 0 Å². The van der Waals surface area contributed by atoms with E-state index in [1.54, 1.807) is 26.0 Å². The number of nitrogens with zero attached hydrogens (tertiary/aromatic N) is 3. The van der Waals surface area contributed by atoms with Gasteiger partial charge < -0.3 is 4.74 Å². The first-order valence-electron chi connectivity index (χ1n) is 6.00. The molecule has 7 nitrogen and oxygen atoms in total. The van der Waals surface area contributed by atoms with Crippen LogP contribution in [-0.2, 0) is 4.74 Å². The van der Waals surface area contributed by atoms with Crippen LogP contribution in [0.3, 0.4) is 0 Å². The zero-order valence-electron chi connectivity index (χ0n) is 11.1. The lowest BCUT2D eigenvalue weighted by Crippen LogP contribution is -2.03. The molecule has 0 saturated carbocycles. The Morgan fingerprint density at radius 3 is 2.90 bits per heavy atom. The van der Waals surface area contributed by atoms with Crippen LogP contribution in [0, 0.1) is 17.0 Å². The van der Waals surface area contributed by atoms with Crippen LogP contribution in [0.25, 0.3) is 5.69 Å². The van der Waals surface area contributed by atoms with E-state index in [-0.39, 0.29) is 12.3 Å². The van der Waals surface area contributed by atoms with Crippen LogP contribution < -0.4 is 0 Å². The van der Waals surface area contributed by atoms with Crippen molar-refractivity contribution >= 4 is 11.7 Å². The SMILES string of the molecule is CCOC(=O)c1cnn(-c2ccc(C)c([N+](=O)[O-])c2)c1. The molecule has 0 aliphatic carbocycles. The number of esters is 1. The fraction of sp³-hybridized carbons (Fsp3) is 0.231. The van der Waals surface area contributed by atoms with Gasteiger partial charge in [0.15, 0.2) is 0 Å². The summed E-state index contributed by atoms with van der Waals surface area (Å²) in [6.45, 7) is 3.65. The molecule has 1 heterocycles. The second-order valence-electron chi connectivity index (χ2n) is 4.12. The van der Waals surface area contributed by atoms with E-state index in [9.17, 15) is 14.9 Å². The molecule has 104 valence electrons. The largest absolute Gasteiger partial charge is 0.462 e. The molecule has 0 atom stereocenters. The Kier molecular flexibility index (Phi) is 3.79. The van der Waals surface area contributed by atoms with Crippen molar-refractivity contribution in [2.24, 2.45) is 0 Å². The predicted molar refractivity (Wildman–Crippen MR) is 70.9 cm³/mol. The maximum Gasteiger partial charge on any atom is 0.341 e. The Bertz CT molecular complexity index is 663. The predicted octanol–water partition coefficient (Wildman–Crippen LogP) is 2.27. The maximum absolute atomic E-state index is 11.5. The van der Waals surface area contributed by atoms with Crippen LogP contribution in [0.5, 0.6) is 0 Å². The molecule has 1 aromatic carbocycles. The summed E-state index contributed by atoms with van der Waals surface area (Å²) in [5.41, 5.74) is 1.39. The van der Waals surface area contributed by atoms with Crippen LogP contribution in [0.4, 0.5) is 5.69 Å². The third-order valence-corrected chi connectivity index (χ3v) is 2.75. The molecule has 20 heavy (non-hydrogen) atoms. The summed E-state index contributed by atoms with van der Waals surface area (Å²) in [6.07, 6.45) is 2.84. The van der Waals surface area contributed by atoms with Crippen molar-refractivity contribution in [3.8, 4) is 5.69 Å². The first-order chi connectivity index (χ1) is 9.52. The van der Waals surface area contributed by atoms with Crippen LogP contribution in [0.1, 0.15) is 22.8 Å². The number of nitro benzene ring substituents is 1. The van der Waals surface area contributed by atoms with Gasteiger partial charge in [0, 0.05) is 17.8 Å². The van der Waals surface area contributed by atoms with Crippen molar-refractivity contribution in [3.05, 3.63) is 51.8 Å². The average Bonchev–Trinajstić information content (AvgIpc) is 2.89. The maximum atomic E-state index is 11.5. The summed E-state index contributed by atoms with van der Waals surface area (Å²) in [6, 6.07) is 4.75. The smallest absolute Gasteiger partial charge is 0.341 e. The Morgan fingerprint density at radius 1 is 1.50 bits per heavy atom. The monoisotopic (exact) mass is 275 g/mol. The highest BCUT2D eigenvalue weighted by Crippen LogP contribution is 2.21. The molecule has 2 aromatic rings. The van der Waals surface area contributed by atoms with Crippen LogP contribution >= 0.6 is 0 Å². The zero-order chi connectivity index (χ0) is 14.7. The molecule has 7 heteroatoms. The third-order valence-electron chi connectivity index (χ3n) is 2.75. The van der Waals surface area contributed by atoms with Crippen molar-refractivity contribution in [2.75, 3.05) is 6.61 Å². The fourth-order valence-electron chi connectivity index (χ4n) is 1.72. The van der Waals surface area contributed by atoms with Crippen LogP contribution in [0.15, 0.2) is 30.6 Å². The summed E-state index contributed by atoms with van der Waals surface area (Å²) < 4.78 is 6.26. The number of carbonyl (C=O) groups is 1. The number of rotatable bonds is 4. The summed E-state index contributed by atoms with van der Waals surface area (Å²) >= 11 is 0. The third kappa shape index (κ3) is 2.66. The number of nitro groups is 1. The van der Waals surface area contributed by atoms with Crippen molar-refractivity contribution in [1.82, 2.24) is 9.78 Å². The van der Waals surface area contributed by atoms with Gasteiger partial charge in [-0.15, -0.1) is 0 Å². The second-order valence-corrected chi connectivity index (χ2v) is 4.12. The molecule has 0 unspecified atom stereocenters. The van der Waals surface area contributed by atoms with Crippen molar-refractivity contribution in [3.63, 3.8) is 0 Å². The minimum absolute atomic E-state index is 0.00989. The Morgan fingerprint density at radius 2 is 2.25 bits per heavy atom. The Hall–Kier alpha value is -2.70. The number of hydrogen-bond donors (Lipinski definition) is 0. The van der Waals surface area contributed by atoms with E-state index in [1.807, 2.05) is 0 Å². The highest BCUT2D eigenvalue weighted by atomic mass is 16.6. The lowest BCUT2D eigenvalue weighted by atomic mass is 10.2. The number of aromatic nitrogens is 2. The number of hydrogen-bond acceptors (Lipinski definition) is 5. The standard InChI is InChI=1S/C13H13N3O4/c1-3-20-13(17)10-7-14-15(8-10)11-5-4-9(2)12(6-11)16(18)19/h4-8H,3H2,1-2H3. The van der Waals surface area contributed by atoms with E-state index < -0.39 is 10.9 Å². The first kappa shape index (κ1) is 13.7. The minimum Gasteiger partial charge on any atom is -0.462 e. The zero-order valence-corrected chi connectivity index (χ0v) is 11.1. The average molecular weight is 275 g/mol. The molecule has 0 saturated heterocycles. The Balaban J connectivity index is 2.35. The van der Waals surface area contributed by atoms with Crippen molar-refractivity contribution in [2.45, 2.75) is 13.8 Å². The normalized spacial score (nSPS) is 10.3. The molecule has 0 amide bonds. The van der Waals surface area contributed by atoms with Gasteiger partial charge in [0.1, 0.15) is 0 Å². The molecule has 0 aliphatic rings. The van der Waals surface area contributed by atoms with Gasteiger partial charge in [0.25, 0.3) is 5.69 Å². The van der Waals surface area contributed by atoms with E-state index in [4.69, 9.17) is 4.74 Å². The number of ether oxygens (including phenoxy) is 1. The van der Waals surface area contributed by atoms with Crippen LogP contribution in [0.2, 0.25) is 0 Å². The molecule has 0 radical (unpaired) electrons. The van der Waals surface area contributed by atoms with Gasteiger partial charge in [-0.3, -0.25) is 10.1 Å². The van der Waals surface area contributed by atoms with E-state index >= 15 is 0 Å². The molecular formula is C13H13N3O4. The first-order valence-corrected chi connectivity index (χ1v) is 6.00. The van der Waals surface area contributed by atoms with E-state index in [0.29, 0.717) is 16.8 Å². The summed E-state index contributed by atoms with van der Waals surface area (Å²) in [4.78, 5) is 22.0. The van der Waals surface area contributed by atoms with E-state index in [2.05, 4.69) is 5.10 Å². The topological polar surface area (TPSA) is 87.3 Å². The molecule has 2 rings (SSSR count). The highest BCUT2D eigenvalue weighted by Gasteiger charge is 2.14. The van der Waals surface area contributed by atoms with Gasteiger partial charge >= 0.3 is 5.97 Å². The lowest BCUT2D eigenvalue weighted by Gasteiger charge is -2.03. The van der Waals surface area contributed by atoms with Crippen molar-refractivity contribution < 1.29 is 14.5 Å². The minimum atomic E-state index is -0.472. The summed E-state index contributed by atoms with van der Waals surface area (Å²) in [5, 5.41) is 14.9. The highest BCUT2D eigenvalue weighted by molar-refractivity contribution is 5.88. The Labute approximate surface area is 114 Å². The molecule has 0 aliphatic heterocycles. The molecule has 0 bridgehead atoms. The number of benzene rings is 1. The molecule has 0 fully saturated rings. The molecular weight excluding hydrogens is 262 g/mol.